The topological polar surface area (TPSA) is 105 Å². The fourth-order valence-electron chi connectivity index (χ4n) is 3.40. The van der Waals surface area contributed by atoms with Gasteiger partial charge in [-0.15, -0.1) is 11.3 Å². The highest BCUT2D eigenvalue weighted by Gasteiger charge is 2.34. The van der Waals surface area contributed by atoms with Gasteiger partial charge >= 0.3 is 12.1 Å². The van der Waals surface area contributed by atoms with Crippen LogP contribution < -0.4 is 11.1 Å². The number of fused-ring (bicyclic) bond motifs is 1. The fraction of sp³-hybridized carbons (Fsp3) is 0.0800. The van der Waals surface area contributed by atoms with Gasteiger partial charge in [-0.2, -0.15) is 13.2 Å². The van der Waals surface area contributed by atoms with Crippen molar-refractivity contribution >= 4 is 45.2 Å². The molecule has 35 heavy (non-hydrogen) atoms. The lowest BCUT2D eigenvalue weighted by Crippen LogP contribution is -2.19. The van der Waals surface area contributed by atoms with Crippen molar-refractivity contribution in [3.63, 3.8) is 0 Å². The molecule has 0 fully saturated rings. The van der Waals surface area contributed by atoms with Gasteiger partial charge in [0.25, 0.3) is 0 Å². The summed E-state index contributed by atoms with van der Waals surface area (Å²) in [4.78, 5) is 27.7. The molecule has 1 amide bonds. The lowest BCUT2D eigenvalue weighted by molar-refractivity contribution is -0.136. The Morgan fingerprint density at radius 3 is 2.43 bits per heavy atom. The predicted molar refractivity (Wildman–Crippen MR) is 129 cm³/mol. The molecule has 4 N–H and O–H groups in total. The first-order valence-electron chi connectivity index (χ1n) is 10.2. The van der Waals surface area contributed by atoms with Crippen molar-refractivity contribution in [3.8, 4) is 11.1 Å². The molecular formula is C25H18F3N3O3S. The third-order valence-corrected chi connectivity index (χ3v) is 6.30. The van der Waals surface area contributed by atoms with Crippen LogP contribution in [0.4, 0.5) is 19.0 Å². The smallest absolute Gasteiger partial charge is 0.417 e. The molecule has 0 aliphatic heterocycles. The number of nitrogen functional groups attached to an aromatic ring is 1. The fourth-order valence-corrected chi connectivity index (χ4v) is 4.51. The first-order valence-corrected chi connectivity index (χ1v) is 11.1. The van der Waals surface area contributed by atoms with Gasteiger partial charge in [-0.05, 0) is 70.6 Å². The summed E-state index contributed by atoms with van der Waals surface area (Å²) in [6, 6.07) is 13.2. The molecule has 0 saturated carbocycles. The molecular weight excluding hydrogens is 479 g/mol. The lowest BCUT2D eigenvalue weighted by Gasteiger charge is -2.11. The molecule has 0 spiro atoms. The van der Waals surface area contributed by atoms with Gasteiger partial charge in [0.15, 0.2) is 0 Å². The molecule has 2 aromatic carbocycles. The minimum absolute atomic E-state index is 0.0427. The molecule has 0 aliphatic carbocycles. The van der Waals surface area contributed by atoms with Crippen molar-refractivity contribution < 1.29 is 27.9 Å². The maximum atomic E-state index is 13.8. The molecule has 4 aromatic rings. The Bertz CT molecular complexity index is 1430. The van der Waals surface area contributed by atoms with E-state index in [1.54, 1.807) is 30.3 Å². The third-order valence-electron chi connectivity index (χ3n) is 5.11. The summed E-state index contributed by atoms with van der Waals surface area (Å²) in [5, 5.41) is 12.1. The maximum absolute atomic E-state index is 13.8. The number of nitrogens with zero attached hydrogens (tertiary/aromatic N) is 1. The van der Waals surface area contributed by atoms with Crippen LogP contribution in [0, 0.1) is 0 Å². The zero-order chi connectivity index (χ0) is 25.2. The second-order valence-electron chi connectivity index (χ2n) is 7.60. The average molecular weight is 497 g/mol. The number of nitrogens with one attached hydrogen (secondary N) is 1. The van der Waals surface area contributed by atoms with Gasteiger partial charge in [0.05, 0.1) is 17.7 Å². The van der Waals surface area contributed by atoms with E-state index in [0.717, 1.165) is 17.4 Å². The van der Waals surface area contributed by atoms with Crippen LogP contribution in [-0.4, -0.2) is 22.0 Å². The highest BCUT2D eigenvalue weighted by molar-refractivity contribution is 7.19. The number of pyridine rings is 1. The second kappa shape index (κ2) is 9.59. The first kappa shape index (κ1) is 24.0. The van der Waals surface area contributed by atoms with E-state index in [1.807, 2.05) is 0 Å². The Morgan fingerprint density at radius 2 is 1.80 bits per heavy atom. The number of aromatic carboxylic acids is 1. The summed E-state index contributed by atoms with van der Waals surface area (Å²) in [6.45, 7) is 0.0580. The zero-order valence-corrected chi connectivity index (χ0v) is 18.8. The summed E-state index contributed by atoms with van der Waals surface area (Å²) in [5.74, 6) is -1.17. The molecule has 0 saturated heterocycles. The molecule has 6 nitrogen and oxygen atoms in total. The third kappa shape index (κ3) is 5.67. The average Bonchev–Trinajstić information content (AvgIpc) is 3.24. The molecule has 0 bridgehead atoms. The number of benzene rings is 2. The van der Waals surface area contributed by atoms with Gasteiger partial charge in [-0.3, -0.25) is 4.79 Å². The molecule has 0 radical (unpaired) electrons. The number of anilines is 1. The Balaban J connectivity index is 1.57. The number of carboxylic acid groups (broad SMARTS) is 1. The van der Waals surface area contributed by atoms with Crippen LogP contribution >= 0.6 is 11.3 Å². The molecule has 2 heterocycles. The van der Waals surface area contributed by atoms with Gasteiger partial charge in [-0.1, -0.05) is 12.1 Å². The van der Waals surface area contributed by atoms with E-state index in [2.05, 4.69) is 10.3 Å². The van der Waals surface area contributed by atoms with Gasteiger partial charge in [0.1, 0.15) is 5.82 Å². The van der Waals surface area contributed by atoms with Gasteiger partial charge in [-0.25, -0.2) is 9.78 Å². The van der Waals surface area contributed by atoms with Crippen molar-refractivity contribution in [2.24, 2.45) is 0 Å². The summed E-state index contributed by atoms with van der Waals surface area (Å²) < 4.78 is 41.6. The van der Waals surface area contributed by atoms with Crippen LogP contribution in [0.3, 0.4) is 0 Å². The van der Waals surface area contributed by atoms with Crippen LogP contribution in [0.1, 0.15) is 26.4 Å². The van der Waals surface area contributed by atoms with Gasteiger partial charge in [0, 0.05) is 21.8 Å². The van der Waals surface area contributed by atoms with E-state index >= 15 is 0 Å². The number of hydrogen-bond acceptors (Lipinski definition) is 5. The number of thiophene rings is 1. The predicted octanol–water partition coefficient (Wildman–Crippen LogP) is 5.59. The maximum Gasteiger partial charge on any atom is 0.417 e. The SMILES string of the molecule is Nc1ccc(C=CC(=O)NCc2cc3cc(-c4ccc(C(=O)O)cc4)cc(C(F)(F)F)c3s2)cn1. The Morgan fingerprint density at radius 1 is 1.06 bits per heavy atom. The molecule has 178 valence electrons. The largest absolute Gasteiger partial charge is 0.478 e. The number of carboxylic acids is 1. The molecule has 4 rings (SSSR count). The van der Waals surface area contributed by atoms with E-state index in [1.165, 1.54) is 36.5 Å². The van der Waals surface area contributed by atoms with Crippen molar-refractivity contribution in [1.29, 1.82) is 0 Å². The lowest BCUT2D eigenvalue weighted by atomic mass is 9.99. The first-order chi connectivity index (χ1) is 16.6. The number of carbonyl (C=O) groups is 2. The van der Waals surface area contributed by atoms with Crippen molar-refractivity contribution in [2.45, 2.75) is 12.7 Å². The van der Waals surface area contributed by atoms with E-state index in [4.69, 9.17) is 10.8 Å². The zero-order valence-electron chi connectivity index (χ0n) is 18.0. The second-order valence-corrected chi connectivity index (χ2v) is 8.74. The molecule has 0 unspecified atom stereocenters. The normalized spacial score (nSPS) is 11.7. The van der Waals surface area contributed by atoms with Crippen LogP contribution in [0.25, 0.3) is 27.3 Å². The minimum Gasteiger partial charge on any atom is -0.478 e. The number of alkyl halides is 3. The number of nitrogens with two attached hydrogens (primary N) is 1. The standard InChI is InChI=1S/C25H18F3N3O3S/c26-25(27,28)20-11-17(15-3-5-16(6-4-15)24(33)34)9-18-10-19(35-23(18)20)13-31-22(32)8-2-14-1-7-21(29)30-12-14/h1-12H,13H2,(H2,29,30)(H,31,32)(H,33,34). The van der Waals surface area contributed by atoms with E-state index in [9.17, 15) is 22.8 Å². The van der Waals surface area contributed by atoms with Crippen LogP contribution in [0.5, 0.6) is 0 Å². The summed E-state index contributed by atoms with van der Waals surface area (Å²) in [5.41, 5.74) is 6.23. The minimum atomic E-state index is -4.59. The molecule has 2 aromatic heterocycles. The van der Waals surface area contributed by atoms with Crippen molar-refractivity contribution in [2.75, 3.05) is 5.73 Å². The number of carbonyl (C=O) groups excluding carboxylic acids is 1. The molecule has 0 aliphatic rings. The highest BCUT2D eigenvalue weighted by atomic mass is 32.1. The monoisotopic (exact) mass is 497 g/mol. The Kier molecular flexibility index (Phi) is 6.57. The van der Waals surface area contributed by atoms with Crippen LogP contribution in [0.2, 0.25) is 0 Å². The number of amides is 1. The van der Waals surface area contributed by atoms with E-state index < -0.39 is 23.6 Å². The highest BCUT2D eigenvalue weighted by Crippen LogP contribution is 2.41. The summed E-state index contributed by atoms with van der Waals surface area (Å²) >= 11 is 0.959. The molecule has 0 atom stereocenters. The Hall–Kier alpha value is -4.18. The molecule has 10 heteroatoms. The summed E-state index contributed by atoms with van der Waals surface area (Å²) in [7, 11) is 0. The summed E-state index contributed by atoms with van der Waals surface area (Å²) in [6.07, 6.45) is -0.218. The van der Waals surface area contributed by atoms with Gasteiger partial charge < -0.3 is 16.2 Å². The van der Waals surface area contributed by atoms with E-state index in [-0.39, 0.29) is 16.8 Å². The van der Waals surface area contributed by atoms with Crippen molar-refractivity contribution in [1.82, 2.24) is 10.3 Å². The Labute approximate surface area is 201 Å². The van der Waals surface area contributed by atoms with Crippen molar-refractivity contribution in [3.05, 3.63) is 88.4 Å². The van der Waals surface area contributed by atoms with E-state index in [0.29, 0.717) is 32.8 Å². The number of rotatable bonds is 6. The van der Waals surface area contributed by atoms with Gasteiger partial charge in [0.2, 0.25) is 5.91 Å². The van der Waals surface area contributed by atoms with Crippen LogP contribution in [0.15, 0.2) is 66.9 Å². The number of halogens is 3. The number of hydrogen-bond donors (Lipinski definition) is 3. The number of aromatic nitrogens is 1. The quantitative estimate of drug-likeness (QED) is 0.301. The van der Waals surface area contributed by atoms with Crippen LogP contribution in [-0.2, 0) is 17.5 Å².